The maximum Gasteiger partial charge on any atom is 0.227 e. The predicted octanol–water partition coefficient (Wildman–Crippen LogP) is 4.26. The molecule has 0 saturated heterocycles. The lowest BCUT2D eigenvalue weighted by Crippen LogP contribution is -2.30. The van der Waals surface area contributed by atoms with Crippen LogP contribution in [0.3, 0.4) is 0 Å². The first kappa shape index (κ1) is 18.4. The quantitative estimate of drug-likeness (QED) is 0.659. The molecule has 4 rings (SSSR count). The Morgan fingerprint density at radius 3 is 2.79 bits per heavy atom. The van der Waals surface area contributed by atoms with E-state index < -0.39 is 0 Å². The van der Waals surface area contributed by atoms with Crippen LogP contribution < -0.4 is 10.6 Å². The van der Waals surface area contributed by atoms with Gasteiger partial charge in [0.05, 0.1) is 0 Å². The summed E-state index contributed by atoms with van der Waals surface area (Å²) in [6, 6.07) is 18.0. The average Bonchev–Trinajstić information content (AvgIpc) is 3.13. The van der Waals surface area contributed by atoms with Crippen molar-refractivity contribution in [3.8, 4) is 0 Å². The van der Waals surface area contributed by atoms with Crippen molar-refractivity contribution in [2.24, 2.45) is 5.92 Å². The fraction of sp³-hybridized carbons (Fsp3) is 0.227. The molecular formula is C22H21N3O2S. The van der Waals surface area contributed by atoms with E-state index in [0.717, 1.165) is 22.5 Å². The second kappa shape index (κ2) is 8.35. The first-order valence-electron chi connectivity index (χ1n) is 9.34. The molecular weight excluding hydrogens is 370 g/mol. The highest BCUT2D eigenvalue weighted by Crippen LogP contribution is 2.28. The van der Waals surface area contributed by atoms with Gasteiger partial charge in [-0.3, -0.25) is 9.59 Å². The minimum Gasteiger partial charge on any atom is -0.326 e. The van der Waals surface area contributed by atoms with Crippen LogP contribution in [0.25, 0.3) is 0 Å². The van der Waals surface area contributed by atoms with Crippen LogP contribution in [0.1, 0.15) is 28.8 Å². The van der Waals surface area contributed by atoms with E-state index in [1.807, 2.05) is 42.5 Å². The Morgan fingerprint density at radius 1 is 1.14 bits per heavy atom. The van der Waals surface area contributed by atoms with Gasteiger partial charge in [0.1, 0.15) is 0 Å². The Labute approximate surface area is 167 Å². The molecule has 0 spiro atoms. The lowest BCUT2D eigenvalue weighted by Gasteiger charge is -2.24. The van der Waals surface area contributed by atoms with Crippen molar-refractivity contribution in [1.82, 2.24) is 4.98 Å². The fourth-order valence-electron chi connectivity index (χ4n) is 3.38. The lowest BCUT2D eigenvalue weighted by molar-refractivity contribution is -0.121. The number of aromatic nitrogens is 1. The van der Waals surface area contributed by atoms with Crippen LogP contribution in [0.5, 0.6) is 0 Å². The van der Waals surface area contributed by atoms with E-state index in [1.54, 1.807) is 6.20 Å². The van der Waals surface area contributed by atoms with Crippen molar-refractivity contribution in [2.45, 2.75) is 25.7 Å². The van der Waals surface area contributed by atoms with Gasteiger partial charge in [-0.25, -0.2) is 4.98 Å². The standard InChI is InChI=1S/C22H21N3O2S/c26-20(11-10-17-13-16-8-4-5-9-19(16)24-21(17)27)25-22-23-14-18(28-22)12-15-6-2-1-3-7-15/h1-9,14,17H,10-13H2,(H,24,27)(H,23,25,26). The fourth-order valence-corrected chi connectivity index (χ4v) is 4.24. The summed E-state index contributed by atoms with van der Waals surface area (Å²) in [7, 11) is 0. The molecule has 5 nitrogen and oxygen atoms in total. The molecule has 2 amide bonds. The number of hydrogen-bond donors (Lipinski definition) is 2. The maximum absolute atomic E-state index is 12.3. The van der Waals surface area contributed by atoms with E-state index in [2.05, 4.69) is 27.8 Å². The van der Waals surface area contributed by atoms with Gasteiger partial charge in [0.25, 0.3) is 0 Å². The Hall–Kier alpha value is -2.99. The summed E-state index contributed by atoms with van der Waals surface area (Å²) < 4.78 is 0. The number of amides is 2. The third kappa shape index (κ3) is 4.46. The van der Waals surface area contributed by atoms with Crippen LogP contribution in [0, 0.1) is 5.92 Å². The molecule has 6 heteroatoms. The van der Waals surface area contributed by atoms with Crippen LogP contribution in [0.4, 0.5) is 10.8 Å². The molecule has 1 aromatic heterocycles. The second-order valence-electron chi connectivity index (χ2n) is 6.93. The number of para-hydroxylation sites is 1. The minimum atomic E-state index is -0.175. The van der Waals surface area contributed by atoms with E-state index >= 15 is 0 Å². The SMILES string of the molecule is O=C(CCC1Cc2ccccc2NC1=O)Nc1ncc(Cc2ccccc2)s1. The Kier molecular flexibility index (Phi) is 5.48. The lowest BCUT2D eigenvalue weighted by atomic mass is 9.89. The number of carbonyl (C=O) groups is 2. The van der Waals surface area contributed by atoms with Crippen molar-refractivity contribution < 1.29 is 9.59 Å². The second-order valence-corrected chi connectivity index (χ2v) is 8.04. The van der Waals surface area contributed by atoms with Crippen molar-refractivity contribution in [3.63, 3.8) is 0 Å². The molecule has 2 heterocycles. The van der Waals surface area contributed by atoms with E-state index in [-0.39, 0.29) is 17.7 Å². The average molecular weight is 391 g/mol. The summed E-state index contributed by atoms with van der Waals surface area (Å²) in [5, 5.41) is 6.39. The smallest absolute Gasteiger partial charge is 0.227 e. The number of thiazole rings is 1. The third-order valence-electron chi connectivity index (χ3n) is 4.85. The molecule has 2 aromatic carbocycles. The highest BCUT2D eigenvalue weighted by Gasteiger charge is 2.26. The van der Waals surface area contributed by atoms with Crippen LogP contribution >= 0.6 is 11.3 Å². The third-order valence-corrected chi connectivity index (χ3v) is 5.77. The normalized spacial score (nSPS) is 15.6. The van der Waals surface area contributed by atoms with Gasteiger partial charge in [0.15, 0.2) is 5.13 Å². The summed E-state index contributed by atoms with van der Waals surface area (Å²) in [5.41, 5.74) is 3.22. The van der Waals surface area contributed by atoms with Crippen molar-refractivity contribution in [2.75, 3.05) is 10.6 Å². The van der Waals surface area contributed by atoms with Gasteiger partial charge in [-0.1, -0.05) is 48.5 Å². The molecule has 28 heavy (non-hydrogen) atoms. The Bertz CT molecular complexity index is 984. The summed E-state index contributed by atoms with van der Waals surface area (Å²) in [6.07, 6.45) is 4.10. The van der Waals surface area contributed by atoms with E-state index in [0.29, 0.717) is 24.4 Å². The number of fused-ring (bicyclic) bond motifs is 1. The minimum absolute atomic E-state index is 0.00843. The van der Waals surface area contributed by atoms with E-state index in [1.165, 1.54) is 16.9 Å². The molecule has 0 saturated carbocycles. The first-order valence-corrected chi connectivity index (χ1v) is 10.2. The largest absolute Gasteiger partial charge is 0.326 e. The first-order chi connectivity index (χ1) is 13.7. The molecule has 1 unspecified atom stereocenters. The summed E-state index contributed by atoms with van der Waals surface area (Å²) in [6.45, 7) is 0. The van der Waals surface area contributed by atoms with Crippen LogP contribution in [-0.2, 0) is 22.4 Å². The number of hydrogen-bond acceptors (Lipinski definition) is 4. The van der Waals surface area contributed by atoms with Gasteiger partial charge in [0, 0.05) is 35.5 Å². The zero-order valence-electron chi connectivity index (χ0n) is 15.4. The summed E-state index contributed by atoms with van der Waals surface area (Å²) in [5.74, 6) is -0.288. The van der Waals surface area contributed by atoms with Gasteiger partial charge in [0.2, 0.25) is 11.8 Å². The molecule has 3 aromatic rings. The topological polar surface area (TPSA) is 71.1 Å². The van der Waals surface area contributed by atoms with Crippen molar-refractivity contribution in [1.29, 1.82) is 0 Å². The summed E-state index contributed by atoms with van der Waals surface area (Å²) in [4.78, 5) is 30.0. The summed E-state index contributed by atoms with van der Waals surface area (Å²) >= 11 is 1.49. The molecule has 0 bridgehead atoms. The number of rotatable bonds is 6. The molecule has 0 radical (unpaired) electrons. The van der Waals surface area contributed by atoms with Gasteiger partial charge < -0.3 is 10.6 Å². The molecule has 1 aliphatic rings. The zero-order chi connectivity index (χ0) is 19.3. The Balaban J connectivity index is 1.29. The molecule has 2 N–H and O–H groups in total. The van der Waals surface area contributed by atoms with Crippen molar-refractivity contribution >= 4 is 34.0 Å². The molecule has 0 aliphatic carbocycles. The predicted molar refractivity (Wildman–Crippen MR) is 111 cm³/mol. The van der Waals surface area contributed by atoms with Gasteiger partial charge in [-0.05, 0) is 30.0 Å². The number of nitrogens with one attached hydrogen (secondary N) is 2. The zero-order valence-corrected chi connectivity index (χ0v) is 16.2. The molecule has 1 aliphatic heterocycles. The van der Waals surface area contributed by atoms with Crippen LogP contribution in [0.2, 0.25) is 0 Å². The van der Waals surface area contributed by atoms with Crippen LogP contribution in [0.15, 0.2) is 60.8 Å². The highest BCUT2D eigenvalue weighted by molar-refractivity contribution is 7.15. The van der Waals surface area contributed by atoms with E-state index in [9.17, 15) is 9.59 Å². The van der Waals surface area contributed by atoms with E-state index in [4.69, 9.17) is 0 Å². The molecule has 1 atom stereocenters. The van der Waals surface area contributed by atoms with Crippen LogP contribution in [-0.4, -0.2) is 16.8 Å². The Morgan fingerprint density at radius 2 is 1.93 bits per heavy atom. The van der Waals surface area contributed by atoms with Crippen molar-refractivity contribution in [3.05, 3.63) is 76.8 Å². The monoisotopic (exact) mass is 391 g/mol. The van der Waals surface area contributed by atoms with Gasteiger partial charge >= 0.3 is 0 Å². The number of nitrogens with zero attached hydrogens (tertiary/aromatic N) is 1. The van der Waals surface area contributed by atoms with Gasteiger partial charge in [-0.15, -0.1) is 11.3 Å². The number of anilines is 2. The highest BCUT2D eigenvalue weighted by atomic mass is 32.1. The number of benzene rings is 2. The molecule has 0 fully saturated rings. The maximum atomic E-state index is 12.3. The van der Waals surface area contributed by atoms with Gasteiger partial charge in [-0.2, -0.15) is 0 Å². The molecule has 142 valence electrons. The number of carbonyl (C=O) groups excluding carboxylic acids is 2.